The van der Waals surface area contributed by atoms with Crippen molar-refractivity contribution in [2.24, 2.45) is 5.73 Å². The normalized spacial score (nSPS) is 12.9. The molecule has 0 radical (unpaired) electrons. The summed E-state index contributed by atoms with van der Waals surface area (Å²) in [6, 6.07) is 5.27. The van der Waals surface area contributed by atoms with Gasteiger partial charge in [-0.15, -0.1) is 0 Å². The van der Waals surface area contributed by atoms with Crippen LogP contribution in [0.15, 0.2) is 29.2 Å². The Morgan fingerprint density at radius 1 is 1.32 bits per heavy atom. The average Bonchev–Trinajstić information content (AvgIpc) is 2.36. The van der Waals surface area contributed by atoms with Crippen molar-refractivity contribution in [3.8, 4) is 0 Å². The maximum Gasteiger partial charge on any atom is 0.247 e. The van der Waals surface area contributed by atoms with Gasteiger partial charge in [0.25, 0.3) is 0 Å². The van der Waals surface area contributed by atoms with Gasteiger partial charge in [0.05, 0.1) is 4.90 Å². The van der Waals surface area contributed by atoms with Gasteiger partial charge in [-0.3, -0.25) is 9.59 Å². The number of carbonyl (C=O) groups excluding carboxylic acids is 2. The molecule has 0 heterocycles. The van der Waals surface area contributed by atoms with E-state index in [1.165, 1.54) is 31.2 Å². The van der Waals surface area contributed by atoms with Crippen LogP contribution in [0.5, 0.6) is 0 Å². The maximum atomic E-state index is 11.8. The first-order valence-electron chi connectivity index (χ1n) is 5.32. The largest absolute Gasteiger partial charge is 0.382 e. The lowest BCUT2D eigenvalue weighted by Gasteiger charge is -2.09. The molecule has 0 fully saturated rings. The fourth-order valence-corrected chi connectivity index (χ4v) is 2.28. The second-order valence-electron chi connectivity index (χ2n) is 3.85. The van der Waals surface area contributed by atoms with E-state index in [1.807, 2.05) is 4.72 Å². The van der Waals surface area contributed by atoms with Crippen molar-refractivity contribution < 1.29 is 23.1 Å². The zero-order chi connectivity index (χ0) is 14.6. The molecule has 0 spiro atoms. The zero-order valence-electron chi connectivity index (χ0n) is 10.2. The number of benzene rings is 1. The number of amides is 1. The molecule has 1 aromatic rings. The summed E-state index contributed by atoms with van der Waals surface area (Å²) in [4.78, 5) is 21.5. The molecule has 0 bridgehead atoms. The molecule has 8 heteroatoms. The van der Waals surface area contributed by atoms with Crippen LogP contribution in [-0.2, 0) is 14.8 Å². The van der Waals surface area contributed by atoms with Crippen molar-refractivity contribution in [2.75, 3.05) is 6.54 Å². The molecule has 19 heavy (non-hydrogen) atoms. The van der Waals surface area contributed by atoms with E-state index in [9.17, 15) is 18.0 Å². The quantitative estimate of drug-likeness (QED) is 0.579. The maximum absolute atomic E-state index is 11.8. The van der Waals surface area contributed by atoms with Gasteiger partial charge in [0.1, 0.15) is 6.10 Å². The monoisotopic (exact) mass is 286 g/mol. The Morgan fingerprint density at radius 3 is 2.26 bits per heavy atom. The minimum Gasteiger partial charge on any atom is -0.382 e. The standard InChI is InChI=1S/C11H14N2O5S/c1-7(14)8-2-4-9(5-3-8)19(17,18)13-6-10(15)11(12)16/h2-5,10,13,15H,6H2,1H3,(H2,12,16). The molecule has 0 saturated carbocycles. The van der Waals surface area contributed by atoms with Crippen LogP contribution in [-0.4, -0.2) is 37.9 Å². The van der Waals surface area contributed by atoms with Crippen molar-refractivity contribution >= 4 is 21.7 Å². The predicted molar refractivity (Wildman–Crippen MR) is 66.8 cm³/mol. The Labute approximate surface area is 110 Å². The first kappa shape index (κ1) is 15.3. The molecule has 0 aliphatic rings. The Bertz CT molecular complexity index is 580. The molecular weight excluding hydrogens is 272 g/mol. The van der Waals surface area contributed by atoms with Crippen LogP contribution in [0.4, 0.5) is 0 Å². The smallest absolute Gasteiger partial charge is 0.247 e. The molecule has 1 aromatic carbocycles. The third-order valence-electron chi connectivity index (χ3n) is 2.37. The van der Waals surface area contributed by atoms with Gasteiger partial charge in [0.15, 0.2) is 5.78 Å². The molecule has 0 aliphatic carbocycles. The number of nitrogens with one attached hydrogen (secondary N) is 1. The van der Waals surface area contributed by atoms with Crippen molar-refractivity contribution in [1.29, 1.82) is 0 Å². The minimum absolute atomic E-state index is 0.0748. The summed E-state index contributed by atoms with van der Waals surface area (Å²) in [5, 5.41) is 9.11. The molecule has 1 rings (SSSR count). The van der Waals surface area contributed by atoms with Gasteiger partial charge in [-0.05, 0) is 19.1 Å². The molecule has 1 unspecified atom stereocenters. The minimum atomic E-state index is -3.86. The highest BCUT2D eigenvalue weighted by molar-refractivity contribution is 7.89. The molecular formula is C11H14N2O5S. The predicted octanol–water partition coefficient (Wildman–Crippen LogP) is -0.986. The lowest BCUT2D eigenvalue weighted by atomic mass is 10.2. The third kappa shape index (κ3) is 4.12. The van der Waals surface area contributed by atoms with E-state index >= 15 is 0 Å². The number of primary amides is 1. The van der Waals surface area contributed by atoms with Crippen LogP contribution < -0.4 is 10.5 Å². The highest BCUT2D eigenvalue weighted by atomic mass is 32.2. The van der Waals surface area contributed by atoms with Gasteiger partial charge in [0, 0.05) is 12.1 Å². The van der Waals surface area contributed by atoms with Gasteiger partial charge in [-0.1, -0.05) is 12.1 Å². The first-order chi connectivity index (χ1) is 8.74. The van der Waals surface area contributed by atoms with Gasteiger partial charge in [0.2, 0.25) is 15.9 Å². The number of Topliss-reactive ketones (excluding diaryl/α,β-unsaturated/α-hetero) is 1. The SMILES string of the molecule is CC(=O)c1ccc(S(=O)(=O)NCC(O)C(N)=O)cc1. The van der Waals surface area contributed by atoms with Crippen LogP contribution >= 0.6 is 0 Å². The lowest BCUT2D eigenvalue weighted by Crippen LogP contribution is -2.39. The fraction of sp³-hybridized carbons (Fsp3) is 0.273. The molecule has 1 amide bonds. The van der Waals surface area contributed by atoms with Crippen LogP contribution in [0.1, 0.15) is 17.3 Å². The van der Waals surface area contributed by atoms with Gasteiger partial charge >= 0.3 is 0 Å². The second-order valence-corrected chi connectivity index (χ2v) is 5.62. The van der Waals surface area contributed by atoms with Crippen LogP contribution in [0.2, 0.25) is 0 Å². The lowest BCUT2D eigenvalue weighted by molar-refractivity contribution is -0.125. The van der Waals surface area contributed by atoms with E-state index in [0.29, 0.717) is 5.56 Å². The Morgan fingerprint density at radius 2 is 1.84 bits per heavy atom. The Balaban J connectivity index is 2.83. The number of carbonyl (C=O) groups is 2. The molecule has 0 aromatic heterocycles. The number of hydrogen-bond donors (Lipinski definition) is 3. The number of nitrogens with two attached hydrogens (primary N) is 1. The summed E-state index contributed by atoms with van der Waals surface area (Å²) >= 11 is 0. The highest BCUT2D eigenvalue weighted by Gasteiger charge is 2.18. The summed E-state index contributed by atoms with van der Waals surface area (Å²) in [5.74, 6) is -1.20. The fourth-order valence-electron chi connectivity index (χ4n) is 1.24. The molecule has 104 valence electrons. The van der Waals surface area contributed by atoms with Crippen LogP contribution in [0.3, 0.4) is 0 Å². The van der Waals surface area contributed by atoms with E-state index in [2.05, 4.69) is 0 Å². The van der Waals surface area contributed by atoms with Crippen molar-refractivity contribution in [3.63, 3.8) is 0 Å². The Kier molecular flexibility index (Phi) is 4.76. The summed E-state index contributed by atoms with van der Waals surface area (Å²) < 4.78 is 25.6. The van der Waals surface area contributed by atoms with E-state index in [0.717, 1.165) is 0 Å². The Hall–Kier alpha value is -1.77. The summed E-state index contributed by atoms with van der Waals surface area (Å²) in [6.45, 7) is 0.858. The van der Waals surface area contributed by atoms with Gasteiger partial charge in [-0.25, -0.2) is 13.1 Å². The van der Waals surface area contributed by atoms with E-state index in [-0.39, 0.29) is 10.7 Å². The van der Waals surface area contributed by atoms with Gasteiger partial charge < -0.3 is 10.8 Å². The molecule has 7 nitrogen and oxygen atoms in total. The second kappa shape index (κ2) is 5.91. The summed E-state index contributed by atoms with van der Waals surface area (Å²) in [6.07, 6.45) is -1.59. The number of aliphatic hydroxyl groups excluding tert-OH is 1. The van der Waals surface area contributed by atoms with Crippen molar-refractivity contribution in [1.82, 2.24) is 4.72 Å². The number of hydrogen-bond acceptors (Lipinski definition) is 5. The van der Waals surface area contributed by atoms with Crippen LogP contribution in [0.25, 0.3) is 0 Å². The zero-order valence-corrected chi connectivity index (χ0v) is 11.0. The van der Waals surface area contributed by atoms with Crippen LogP contribution in [0, 0.1) is 0 Å². The highest BCUT2D eigenvalue weighted by Crippen LogP contribution is 2.10. The molecule has 4 N–H and O–H groups in total. The summed E-state index contributed by atoms with van der Waals surface area (Å²) in [7, 11) is -3.86. The first-order valence-corrected chi connectivity index (χ1v) is 6.80. The number of aliphatic hydroxyl groups is 1. The molecule has 0 aliphatic heterocycles. The van der Waals surface area contributed by atoms with Crippen molar-refractivity contribution in [3.05, 3.63) is 29.8 Å². The molecule has 1 atom stereocenters. The van der Waals surface area contributed by atoms with Crippen molar-refractivity contribution in [2.45, 2.75) is 17.9 Å². The van der Waals surface area contributed by atoms with Gasteiger partial charge in [-0.2, -0.15) is 0 Å². The number of sulfonamides is 1. The molecule has 0 saturated heterocycles. The average molecular weight is 286 g/mol. The third-order valence-corrected chi connectivity index (χ3v) is 3.81. The number of ketones is 1. The summed E-state index contributed by atoms with van der Waals surface area (Å²) in [5.41, 5.74) is 5.18. The number of rotatable bonds is 6. The topological polar surface area (TPSA) is 127 Å². The van der Waals surface area contributed by atoms with E-state index in [4.69, 9.17) is 10.8 Å². The van der Waals surface area contributed by atoms with E-state index < -0.39 is 28.6 Å². The van der Waals surface area contributed by atoms with E-state index in [1.54, 1.807) is 0 Å².